The minimum absolute atomic E-state index is 0.167. The number of halogens is 1. The van der Waals surface area contributed by atoms with E-state index >= 15 is 0 Å². The lowest BCUT2D eigenvalue weighted by molar-refractivity contribution is -0.129. The lowest BCUT2D eigenvalue weighted by atomic mass is 10.2. The van der Waals surface area contributed by atoms with E-state index in [-0.39, 0.29) is 16.7 Å². The largest absolute Gasteiger partial charge is 0.431 e. The molecule has 1 aliphatic heterocycles. The average molecular weight is 383 g/mol. The molecule has 2 aromatic carbocycles. The van der Waals surface area contributed by atoms with Gasteiger partial charge >= 0.3 is 5.97 Å². The van der Waals surface area contributed by atoms with Crippen LogP contribution in [0.1, 0.15) is 10.4 Å². The Kier molecular flexibility index (Phi) is 4.51. The Morgan fingerprint density at radius 3 is 2.46 bits per heavy atom. The summed E-state index contributed by atoms with van der Waals surface area (Å²) in [5.41, 5.74) is 0.897. The van der Waals surface area contributed by atoms with E-state index in [1.807, 2.05) is 60.7 Å². The summed E-state index contributed by atoms with van der Waals surface area (Å²) in [6.45, 7) is 0. The van der Waals surface area contributed by atoms with Crippen molar-refractivity contribution in [2.75, 3.05) is 0 Å². The molecule has 5 nitrogen and oxygen atoms in total. The first-order chi connectivity index (χ1) is 12.7. The number of hydrogen-bond donors (Lipinski definition) is 0. The van der Waals surface area contributed by atoms with E-state index in [0.717, 1.165) is 5.56 Å². The zero-order valence-corrected chi connectivity index (χ0v) is 14.8. The van der Waals surface area contributed by atoms with E-state index in [9.17, 15) is 4.79 Å². The van der Waals surface area contributed by atoms with Crippen molar-refractivity contribution in [1.29, 1.82) is 0 Å². The number of nitrogens with zero attached hydrogens (tertiary/aromatic N) is 2. The van der Waals surface area contributed by atoms with Crippen LogP contribution in [0.4, 0.5) is 0 Å². The second kappa shape index (κ2) is 7.11. The number of ether oxygens (including phenoxy) is 2. The van der Waals surface area contributed by atoms with E-state index < -0.39 is 5.97 Å². The minimum Gasteiger partial charge on any atom is -0.431 e. The normalized spacial score (nSPS) is 15.0. The Morgan fingerprint density at radius 1 is 1.04 bits per heavy atom. The van der Waals surface area contributed by atoms with Crippen LogP contribution in [0.25, 0.3) is 6.08 Å². The van der Waals surface area contributed by atoms with Crippen molar-refractivity contribution in [2.45, 2.75) is 0 Å². The van der Waals surface area contributed by atoms with Crippen molar-refractivity contribution in [3.05, 3.63) is 82.0 Å². The summed E-state index contributed by atoms with van der Waals surface area (Å²) < 4.78 is 10.9. The number of carbonyl (C=O) groups is 1. The van der Waals surface area contributed by atoms with Crippen molar-refractivity contribution in [2.24, 2.45) is 4.99 Å². The van der Waals surface area contributed by atoms with Gasteiger partial charge in [-0.15, -0.1) is 0 Å². The quantitative estimate of drug-likeness (QED) is 0.474. The molecule has 0 saturated heterocycles. The number of cyclic esters (lactones) is 1. The highest BCUT2D eigenvalue weighted by molar-refractivity contribution is 7.14. The van der Waals surface area contributed by atoms with E-state index in [4.69, 9.17) is 21.1 Å². The molecule has 26 heavy (non-hydrogen) atoms. The van der Waals surface area contributed by atoms with E-state index in [1.165, 1.54) is 11.3 Å². The molecule has 7 heteroatoms. The number of aliphatic imine (C=N–C) groups is 1. The van der Waals surface area contributed by atoms with Gasteiger partial charge in [0.1, 0.15) is 5.75 Å². The van der Waals surface area contributed by atoms with Crippen LogP contribution in [0, 0.1) is 0 Å². The summed E-state index contributed by atoms with van der Waals surface area (Å²) >= 11 is 7.39. The third kappa shape index (κ3) is 3.51. The zero-order chi connectivity index (χ0) is 17.9. The molecule has 0 amide bonds. The predicted molar refractivity (Wildman–Crippen MR) is 101 cm³/mol. The van der Waals surface area contributed by atoms with E-state index in [1.54, 1.807) is 6.08 Å². The van der Waals surface area contributed by atoms with Gasteiger partial charge in [-0.2, -0.15) is 4.98 Å². The second-order valence-electron chi connectivity index (χ2n) is 5.25. The zero-order valence-electron chi connectivity index (χ0n) is 13.3. The molecule has 1 aromatic heterocycles. The molecular weight excluding hydrogens is 372 g/mol. The Bertz CT molecular complexity index is 1010. The van der Waals surface area contributed by atoms with E-state index in [2.05, 4.69) is 9.98 Å². The third-order valence-electron chi connectivity index (χ3n) is 3.45. The maximum atomic E-state index is 12.1. The lowest BCUT2D eigenvalue weighted by Crippen LogP contribution is -2.04. The standard InChI is InChI=1S/C19H11ClN2O3S/c20-16-15(26-19(22-16)24-13-9-5-2-6-10-13)11-14-18(23)25-17(21-14)12-7-3-1-4-8-12/h1-11H/b14-11-. The Hall–Kier alpha value is -2.96. The van der Waals surface area contributed by atoms with Gasteiger partial charge in [-0.1, -0.05) is 59.3 Å². The van der Waals surface area contributed by atoms with Gasteiger partial charge in [0.15, 0.2) is 10.9 Å². The molecule has 3 aromatic rings. The number of para-hydroxylation sites is 1. The van der Waals surface area contributed by atoms with Crippen molar-refractivity contribution in [3.8, 4) is 10.9 Å². The highest BCUT2D eigenvalue weighted by atomic mass is 35.5. The molecule has 0 bridgehead atoms. The van der Waals surface area contributed by atoms with Crippen LogP contribution in [0.3, 0.4) is 0 Å². The van der Waals surface area contributed by atoms with Crippen LogP contribution in [-0.4, -0.2) is 16.9 Å². The van der Waals surface area contributed by atoms with Crippen molar-refractivity contribution in [3.63, 3.8) is 0 Å². The first-order valence-corrected chi connectivity index (χ1v) is 8.86. The molecule has 0 radical (unpaired) electrons. The molecule has 128 valence electrons. The first kappa shape index (κ1) is 16.5. The van der Waals surface area contributed by atoms with Gasteiger partial charge in [0, 0.05) is 5.56 Å². The fourth-order valence-electron chi connectivity index (χ4n) is 2.25. The number of thiazole rings is 1. The second-order valence-corrected chi connectivity index (χ2v) is 6.60. The van der Waals surface area contributed by atoms with Crippen LogP contribution >= 0.6 is 22.9 Å². The van der Waals surface area contributed by atoms with Gasteiger partial charge in [-0.3, -0.25) is 0 Å². The van der Waals surface area contributed by atoms with Gasteiger partial charge < -0.3 is 9.47 Å². The number of rotatable bonds is 4. The Labute approximate surface area is 158 Å². The maximum Gasteiger partial charge on any atom is 0.363 e. The van der Waals surface area contributed by atoms with Gasteiger partial charge in [-0.05, 0) is 30.3 Å². The van der Waals surface area contributed by atoms with Crippen molar-refractivity contribution >= 4 is 40.9 Å². The van der Waals surface area contributed by atoms with Crippen LogP contribution < -0.4 is 4.74 Å². The first-order valence-electron chi connectivity index (χ1n) is 7.66. The average Bonchev–Trinajstić information content (AvgIpc) is 3.19. The summed E-state index contributed by atoms with van der Waals surface area (Å²) in [5.74, 6) is 0.392. The number of hydrogen-bond acceptors (Lipinski definition) is 6. The monoisotopic (exact) mass is 382 g/mol. The molecule has 0 atom stereocenters. The van der Waals surface area contributed by atoms with Gasteiger partial charge in [-0.25, -0.2) is 9.79 Å². The summed E-state index contributed by atoms with van der Waals surface area (Å²) in [6, 6.07) is 18.5. The lowest BCUT2D eigenvalue weighted by Gasteiger charge is -1.98. The summed E-state index contributed by atoms with van der Waals surface area (Å²) in [4.78, 5) is 21.1. The van der Waals surface area contributed by atoms with Crippen LogP contribution in [0.15, 0.2) is 71.4 Å². The number of carbonyl (C=O) groups excluding carboxylic acids is 1. The fourth-order valence-corrected chi connectivity index (χ4v) is 3.31. The number of aromatic nitrogens is 1. The molecule has 0 saturated carbocycles. The van der Waals surface area contributed by atoms with Crippen LogP contribution in [0.5, 0.6) is 10.9 Å². The number of esters is 1. The fraction of sp³-hybridized carbons (Fsp3) is 0. The Morgan fingerprint density at radius 2 is 1.73 bits per heavy atom. The van der Waals surface area contributed by atoms with Crippen molar-refractivity contribution < 1.29 is 14.3 Å². The van der Waals surface area contributed by atoms with E-state index in [0.29, 0.717) is 15.8 Å². The van der Waals surface area contributed by atoms with Gasteiger partial charge in [0.05, 0.1) is 4.88 Å². The van der Waals surface area contributed by atoms with Gasteiger partial charge in [0.25, 0.3) is 5.19 Å². The summed E-state index contributed by atoms with van der Waals surface area (Å²) in [6.07, 6.45) is 1.55. The topological polar surface area (TPSA) is 60.8 Å². The summed E-state index contributed by atoms with van der Waals surface area (Å²) in [7, 11) is 0. The van der Waals surface area contributed by atoms with Gasteiger partial charge in [0.2, 0.25) is 5.90 Å². The van der Waals surface area contributed by atoms with Crippen LogP contribution in [0.2, 0.25) is 5.15 Å². The molecule has 2 heterocycles. The van der Waals surface area contributed by atoms with Crippen molar-refractivity contribution in [1.82, 2.24) is 4.98 Å². The molecule has 0 unspecified atom stereocenters. The number of benzene rings is 2. The molecule has 0 spiro atoms. The SMILES string of the molecule is O=C1OC(c2ccccc2)=N/C1=C\c1sc(Oc2ccccc2)nc1Cl. The Balaban J connectivity index is 1.60. The molecular formula is C19H11ClN2O3S. The minimum atomic E-state index is -0.529. The van der Waals surface area contributed by atoms with Crippen LogP contribution in [-0.2, 0) is 9.53 Å². The molecule has 0 aliphatic carbocycles. The predicted octanol–water partition coefficient (Wildman–Crippen LogP) is 4.93. The highest BCUT2D eigenvalue weighted by Crippen LogP contribution is 2.34. The maximum absolute atomic E-state index is 12.1. The third-order valence-corrected chi connectivity index (χ3v) is 4.73. The molecule has 1 aliphatic rings. The molecule has 4 rings (SSSR count). The molecule has 0 N–H and O–H groups in total. The smallest absolute Gasteiger partial charge is 0.363 e. The highest BCUT2D eigenvalue weighted by Gasteiger charge is 2.25. The molecule has 0 fully saturated rings. The summed E-state index contributed by atoms with van der Waals surface area (Å²) in [5, 5.41) is 0.622.